The SMILES string of the molecule is COc1ccc(N2C[C@@H](C)NC[C@H]2C)cc1. The van der Waals surface area contributed by atoms with Crippen LogP contribution in [0.25, 0.3) is 0 Å². The van der Waals surface area contributed by atoms with E-state index in [0.717, 1.165) is 18.8 Å². The van der Waals surface area contributed by atoms with Crippen LogP contribution in [0.5, 0.6) is 5.75 Å². The molecule has 0 bridgehead atoms. The Morgan fingerprint density at radius 2 is 1.94 bits per heavy atom. The van der Waals surface area contributed by atoms with Crippen LogP contribution in [-0.4, -0.2) is 32.3 Å². The number of piperazine rings is 1. The van der Waals surface area contributed by atoms with Crippen LogP contribution < -0.4 is 15.0 Å². The third kappa shape index (κ3) is 2.30. The number of nitrogens with one attached hydrogen (secondary N) is 1. The molecule has 2 atom stereocenters. The van der Waals surface area contributed by atoms with Crippen molar-refractivity contribution in [3.05, 3.63) is 24.3 Å². The highest BCUT2D eigenvalue weighted by molar-refractivity contribution is 5.50. The second kappa shape index (κ2) is 4.74. The maximum atomic E-state index is 5.17. The fraction of sp³-hybridized carbons (Fsp3) is 0.538. The molecule has 1 fully saturated rings. The standard InChI is InChI=1S/C13H20N2O/c1-10-9-15(11(2)8-14-10)12-4-6-13(16-3)7-5-12/h4-7,10-11,14H,8-9H2,1-3H3/t10-,11-/m1/s1. The van der Waals surface area contributed by atoms with E-state index < -0.39 is 0 Å². The number of methoxy groups -OCH3 is 1. The van der Waals surface area contributed by atoms with E-state index in [1.54, 1.807) is 7.11 Å². The summed E-state index contributed by atoms with van der Waals surface area (Å²) >= 11 is 0. The molecule has 0 saturated carbocycles. The summed E-state index contributed by atoms with van der Waals surface area (Å²) in [5.41, 5.74) is 1.28. The van der Waals surface area contributed by atoms with Crippen molar-refractivity contribution in [3.63, 3.8) is 0 Å². The highest BCUT2D eigenvalue weighted by atomic mass is 16.5. The molecule has 0 radical (unpaired) electrons. The monoisotopic (exact) mass is 220 g/mol. The Bertz CT molecular complexity index is 336. The quantitative estimate of drug-likeness (QED) is 0.823. The lowest BCUT2D eigenvalue weighted by Gasteiger charge is -2.39. The fourth-order valence-corrected chi connectivity index (χ4v) is 2.16. The number of hydrogen-bond donors (Lipinski definition) is 1. The highest BCUT2D eigenvalue weighted by Crippen LogP contribution is 2.22. The third-order valence-electron chi connectivity index (χ3n) is 3.17. The minimum absolute atomic E-state index is 0.546. The molecule has 1 N–H and O–H groups in total. The smallest absolute Gasteiger partial charge is 0.119 e. The first kappa shape index (κ1) is 11.3. The van der Waals surface area contributed by atoms with Crippen LogP contribution in [-0.2, 0) is 0 Å². The van der Waals surface area contributed by atoms with Crippen LogP contribution in [0.15, 0.2) is 24.3 Å². The maximum Gasteiger partial charge on any atom is 0.119 e. The molecule has 0 aliphatic carbocycles. The van der Waals surface area contributed by atoms with Gasteiger partial charge in [0.05, 0.1) is 7.11 Å². The van der Waals surface area contributed by atoms with Gasteiger partial charge in [-0.25, -0.2) is 0 Å². The Morgan fingerprint density at radius 1 is 1.25 bits per heavy atom. The van der Waals surface area contributed by atoms with E-state index in [2.05, 4.69) is 36.2 Å². The molecule has 0 unspecified atom stereocenters. The highest BCUT2D eigenvalue weighted by Gasteiger charge is 2.22. The third-order valence-corrected chi connectivity index (χ3v) is 3.17. The van der Waals surface area contributed by atoms with Gasteiger partial charge in [0, 0.05) is 30.9 Å². The summed E-state index contributed by atoms with van der Waals surface area (Å²) in [6.07, 6.45) is 0. The van der Waals surface area contributed by atoms with Crippen molar-refractivity contribution in [2.45, 2.75) is 25.9 Å². The molecule has 0 amide bonds. The Kier molecular flexibility index (Phi) is 3.34. The predicted octanol–water partition coefficient (Wildman–Crippen LogP) is 1.88. The number of ether oxygens (including phenoxy) is 1. The molecule has 2 rings (SSSR count). The zero-order chi connectivity index (χ0) is 11.5. The van der Waals surface area contributed by atoms with Gasteiger partial charge in [0.1, 0.15) is 5.75 Å². The minimum atomic E-state index is 0.546. The number of rotatable bonds is 2. The second-order valence-electron chi connectivity index (χ2n) is 4.51. The maximum absolute atomic E-state index is 5.17. The zero-order valence-electron chi connectivity index (χ0n) is 10.2. The lowest BCUT2D eigenvalue weighted by molar-refractivity contribution is 0.413. The summed E-state index contributed by atoms with van der Waals surface area (Å²) in [5, 5.41) is 3.49. The largest absolute Gasteiger partial charge is 0.497 e. The Hall–Kier alpha value is -1.22. The van der Waals surface area contributed by atoms with Gasteiger partial charge < -0.3 is 15.0 Å². The van der Waals surface area contributed by atoms with Crippen LogP contribution in [0, 0.1) is 0 Å². The first-order chi connectivity index (χ1) is 7.70. The van der Waals surface area contributed by atoms with Gasteiger partial charge >= 0.3 is 0 Å². The molecule has 0 spiro atoms. The summed E-state index contributed by atoms with van der Waals surface area (Å²) in [6.45, 7) is 6.59. The number of nitrogens with zero attached hydrogens (tertiary/aromatic N) is 1. The molecule has 1 aromatic carbocycles. The second-order valence-corrected chi connectivity index (χ2v) is 4.51. The van der Waals surface area contributed by atoms with Crippen LogP contribution in [0.4, 0.5) is 5.69 Å². The molecule has 1 saturated heterocycles. The lowest BCUT2D eigenvalue weighted by atomic mass is 10.1. The number of anilines is 1. The topological polar surface area (TPSA) is 24.5 Å². The Morgan fingerprint density at radius 3 is 2.56 bits per heavy atom. The summed E-state index contributed by atoms with van der Waals surface area (Å²) in [4.78, 5) is 2.45. The predicted molar refractivity (Wildman–Crippen MR) is 67.3 cm³/mol. The number of hydrogen-bond acceptors (Lipinski definition) is 3. The van der Waals surface area contributed by atoms with E-state index in [0.29, 0.717) is 12.1 Å². The van der Waals surface area contributed by atoms with Crippen molar-refractivity contribution in [2.24, 2.45) is 0 Å². The molecule has 1 aromatic rings. The van der Waals surface area contributed by atoms with Crippen LogP contribution in [0.3, 0.4) is 0 Å². The van der Waals surface area contributed by atoms with Crippen LogP contribution in [0.1, 0.15) is 13.8 Å². The van der Waals surface area contributed by atoms with Crippen LogP contribution in [0.2, 0.25) is 0 Å². The average molecular weight is 220 g/mol. The molecule has 1 heterocycles. The van der Waals surface area contributed by atoms with Crippen LogP contribution >= 0.6 is 0 Å². The van der Waals surface area contributed by atoms with Crippen molar-refractivity contribution in [1.82, 2.24) is 5.32 Å². The van der Waals surface area contributed by atoms with Crippen molar-refractivity contribution >= 4 is 5.69 Å². The van der Waals surface area contributed by atoms with Crippen molar-refractivity contribution in [1.29, 1.82) is 0 Å². The number of benzene rings is 1. The fourth-order valence-electron chi connectivity index (χ4n) is 2.16. The van der Waals surface area contributed by atoms with Crippen molar-refractivity contribution in [2.75, 3.05) is 25.1 Å². The zero-order valence-corrected chi connectivity index (χ0v) is 10.2. The molecule has 88 valence electrons. The first-order valence-electron chi connectivity index (χ1n) is 5.85. The molecule has 1 aliphatic rings. The van der Waals surface area contributed by atoms with E-state index in [1.807, 2.05) is 12.1 Å². The van der Waals surface area contributed by atoms with Crippen molar-refractivity contribution in [3.8, 4) is 5.75 Å². The van der Waals surface area contributed by atoms with Gasteiger partial charge in [-0.3, -0.25) is 0 Å². The van der Waals surface area contributed by atoms with E-state index in [1.165, 1.54) is 5.69 Å². The molecule has 0 aromatic heterocycles. The molecular formula is C13H20N2O. The van der Waals surface area contributed by atoms with Gasteiger partial charge in [-0.15, -0.1) is 0 Å². The Balaban J connectivity index is 2.15. The minimum Gasteiger partial charge on any atom is -0.497 e. The Labute approximate surface area is 97.4 Å². The van der Waals surface area contributed by atoms with Gasteiger partial charge in [0.2, 0.25) is 0 Å². The molecule has 16 heavy (non-hydrogen) atoms. The van der Waals surface area contributed by atoms with Gasteiger partial charge in [0.15, 0.2) is 0 Å². The van der Waals surface area contributed by atoms with E-state index in [9.17, 15) is 0 Å². The van der Waals surface area contributed by atoms with E-state index in [-0.39, 0.29) is 0 Å². The van der Waals surface area contributed by atoms with Gasteiger partial charge in [0.25, 0.3) is 0 Å². The summed E-state index contributed by atoms with van der Waals surface area (Å²) < 4.78 is 5.17. The van der Waals surface area contributed by atoms with Gasteiger partial charge in [-0.2, -0.15) is 0 Å². The first-order valence-corrected chi connectivity index (χ1v) is 5.85. The summed E-state index contributed by atoms with van der Waals surface area (Å²) in [6, 6.07) is 9.41. The van der Waals surface area contributed by atoms with Gasteiger partial charge in [-0.1, -0.05) is 0 Å². The molecule has 3 heteroatoms. The normalized spacial score (nSPS) is 25.6. The molecular weight excluding hydrogens is 200 g/mol. The molecule has 3 nitrogen and oxygen atoms in total. The lowest BCUT2D eigenvalue weighted by Crippen LogP contribution is -2.54. The summed E-state index contributed by atoms with van der Waals surface area (Å²) in [5.74, 6) is 0.916. The average Bonchev–Trinajstić information content (AvgIpc) is 2.32. The molecule has 1 aliphatic heterocycles. The van der Waals surface area contributed by atoms with E-state index in [4.69, 9.17) is 4.74 Å². The summed E-state index contributed by atoms with van der Waals surface area (Å²) in [7, 11) is 1.70. The van der Waals surface area contributed by atoms with E-state index >= 15 is 0 Å². The van der Waals surface area contributed by atoms with Gasteiger partial charge in [-0.05, 0) is 38.1 Å². The van der Waals surface area contributed by atoms with Crippen molar-refractivity contribution < 1.29 is 4.74 Å².